The van der Waals surface area contributed by atoms with Crippen molar-refractivity contribution in [2.45, 2.75) is 45.6 Å². The number of rotatable bonds is 6. The van der Waals surface area contributed by atoms with Gasteiger partial charge in [-0.3, -0.25) is 9.69 Å². The molecule has 1 aromatic rings. The SMILES string of the molecule is CCc1noc(CN2CCC[C@H](C(=O)NCC3CC3)C2)n1. The van der Waals surface area contributed by atoms with Gasteiger partial charge in [-0.25, -0.2) is 0 Å². The smallest absolute Gasteiger partial charge is 0.240 e. The molecule has 1 saturated carbocycles. The first-order valence-corrected chi connectivity index (χ1v) is 8.06. The minimum absolute atomic E-state index is 0.103. The zero-order valence-corrected chi connectivity index (χ0v) is 12.7. The van der Waals surface area contributed by atoms with Crippen LogP contribution in [0, 0.1) is 11.8 Å². The molecule has 2 heterocycles. The van der Waals surface area contributed by atoms with Gasteiger partial charge >= 0.3 is 0 Å². The Labute approximate surface area is 125 Å². The molecular weight excluding hydrogens is 268 g/mol. The van der Waals surface area contributed by atoms with Crippen LogP contribution in [0.1, 0.15) is 44.3 Å². The van der Waals surface area contributed by atoms with Gasteiger partial charge < -0.3 is 9.84 Å². The Kier molecular flexibility index (Phi) is 4.53. The summed E-state index contributed by atoms with van der Waals surface area (Å²) >= 11 is 0. The molecule has 2 fully saturated rings. The van der Waals surface area contributed by atoms with Crippen LogP contribution in [0.4, 0.5) is 0 Å². The van der Waals surface area contributed by atoms with E-state index in [2.05, 4.69) is 20.4 Å². The second-order valence-electron chi connectivity index (χ2n) is 6.22. The van der Waals surface area contributed by atoms with E-state index in [1.54, 1.807) is 0 Å². The second kappa shape index (κ2) is 6.56. The molecule has 6 nitrogen and oxygen atoms in total. The van der Waals surface area contributed by atoms with Crippen LogP contribution >= 0.6 is 0 Å². The molecule has 1 N–H and O–H groups in total. The predicted molar refractivity (Wildman–Crippen MR) is 77.4 cm³/mol. The molecular formula is C15H24N4O2. The lowest BCUT2D eigenvalue weighted by molar-refractivity contribution is -0.126. The number of aromatic nitrogens is 2. The van der Waals surface area contributed by atoms with Crippen LogP contribution in [0.5, 0.6) is 0 Å². The van der Waals surface area contributed by atoms with Crippen LogP contribution in [0.25, 0.3) is 0 Å². The van der Waals surface area contributed by atoms with Gasteiger partial charge in [-0.1, -0.05) is 12.1 Å². The highest BCUT2D eigenvalue weighted by Gasteiger charge is 2.28. The maximum atomic E-state index is 12.2. The summed E-state index contributed by atoms with van der Waals surface area (Å²) in [6.45, 7) is 5.31. The highest BCUT2D eigenvalue weighted by Crippen LogP contribution is 2.28. The Morgan fingerprint density at radius 3 is 3.00 bits per heavy atom. The Morgan fingerprint density at radius 2 is 2.29 bits per heavy atom. The summed E-state index contributed by atoms with van der Waals surface area (Å²) in [6.07, 6.45) is 5.37. The number of nitrogens with zero attached hydrogens (tertiary/aromatic N) is 3. The number of aryl methyl sites for hydroxylation is 1. The zero-order valence-electron chi connectivity index (χ0n) is 12.7. The molecule has 1 aliphatic heterocycles. The van der Waals surface area contributed by atoms with Gasteiger partial charge in [-0.2, -0.15) is 4.98 Å². The molecule has 2 aliphatic rings. The highest BCUT2D eigenvalue weighted by atomic mass is 16.5. The molecule has 116 valence electrons. The number of piperidine rings is 1. The van der Waals surface area contributed by atoms with Gasteiger partial charge in [0, 0.05) is 19.5 Å². The summed E-state index contributed by atoms with van der Waals surface area (Å²) in [5, 5.41) is 7.01. The molecule has 0 unspecified atom stereocenters. The maximum absolute atomic E-state index is 12.2. The van der Waals surface area contributed by atoms with Crippen molar-refractivity contribution >= 4 is 5.91 Å². The number of amides is 1. The summed E-state index contributed by atoms with van der Waals surface area (Å²) in [4.78, 5) is 18.8. The largest absolute Gasteiger partial charge is 0.356 e. The first-order valence-electron chi connectivity index (χ1n) is 8.06. The van der Waals surface area contributed by atoms with Crippen molar-refractivity contribution in [1.29, 1.82) is 0 Å². The summed E-state index contributed by atoms with van der Waals surface area (Å²) in [7, 11) is 0. The van der Waals surface area contributed by atoms with E-state index in [1.165, 1.54) is 12.8 Å². The first kappa shape index (κ1) is 14.5. The molecule has 1 saturated heterocycles. The Morgan fingerprint density at radius 1 is 1.43 bits per heavy atom. The highest BCUT2D eigenvalue weighted by molar-refractivity contribution is 5.79. The summed E-state index contributed by atoms with van der Waals surface area (Å²) in [6, 6.07) is 0. The zero-order chi connectivity index (χ0) is 14.7. The summed E-state index contributed by atoms with van der Waals surface area (Å²) < 4.78 is 5.24. The molecule has 0 aromatic carbocycles. The number of hydrogen-bond acceptors (Lipinski definition) is 5. The van der Waals surface area contributed by atoms with Crippen molar-refractivity contribution in [3.8, 4) is 0 Å². The third-order valence-electron chi connectivity index (χ3n) is 4.32. The normalized spacial score (nSPS) is 23.2. The number of nitrogens with one attached hydrogen (secondary N) is 1. The van der Waals surface area contributed by atoms with Crippen molar-refractivity contribution < 1.29 is 9.32 Å². The first-order chi connectivity index (χ1) is 10.2. The fourth-order valence-electron chi connectivity index (χ4n) is 2.81. The number of likely N-dealkylation sites (tertiary alicyclic amines) is 1. The van der Waals surface area contributed by atoms with E-state index in [1.807, 2.05) is 6.92 Å². The van der Waals surface area contributed by atoms with Crippen molar-refractivity contribution in [1.82, 2.24) is 20.4 Å². The predicted octanol–water partition coefficient (Wildman–Crippen LogP) is 1.37. The second-order valence-corrected chi connectivity index (χ2v) is 6.22. The van der Waals surface area contributed by atoms with Gasteiger partial charge in [0.15, 0.2) is 5.82 Å². The van der Waals surface area contributed by atoms with E-state index >= 15 is 0 Å². The Balaban J connectivity index is 1.48. The average Bonchev–Trinajstić information content (AvgIpc) is 3.23. The number of hydrogen-bond donors (Lipinski definition) is 1. The minimum Gasteiger partial charge on any atom is -0.356 e. The standard InChI is InChI=1S/C15H24N4O2/c1-2-13-17-14(21-18-13)10-19-7-3-4-12(9-19)15(20)16-8-11-5-6-11/h11-12H,2-10H2,1H3,(H,16,20)/t12-/m0/s1. The molecule has 6 heteroatoms. The van der Waals surface area contributed by atoms with Crippen LogP contribution in [0.2, 0.25) is 0 Å². The van der Waals surface area contributed by atoms with Gasteiger partial charge in [-0.15, -0.1) is 0 Å². The van der Waals surface area contributed by atoms with Crippen molar-refractivity contribution in [2.75, 3.05) is 19.6 Å². The topological polar surface area (TPSA) is 71.3 Å². The van der Waals surface area contributed by atoms with Gasteiger partial charge in [0.1, 0.15) is 0 Å². The van der Waals surface area contributed by atoms with Gasteiger partial charge in [-0.05, 0) is 38.1 Å². The van der Waals surface area contributed by atoms with Crippen LogP contribution in [0.15, 0.2) is 4.52 Å². The van der Waals surface area contributed by atoms with E-state index < -0.39 is 0 Å². The Hall–Kier alpha value is -1.43. The average molecular weight is 292 g/mol. The summed E-state index contributed by atoms with van der Waals surface area (Å²) in [5.74, 6) is 2.46. The monoisotopic (exact) mass is 292 g/mol. The van der Waals surface area contributed by atoms with E-state index in [9.17, 15) is 4.79 Å². The minimum atomic E-state index is 0.103. The molecule has 1 atom stereocenters. The third-order valence-corrected chi connectivity index (χ3v) is 4.32. The molecule has 0 spiro atoms. The fourth-order valence-corrected chi connectivity index (χ4v) is 2.81. The van der Waals surface area contributed by atoms with Gasteiger partial charge in [0.2, 0.25) is 11.8 Å². The third kappa shape index (κ3) is 4.03. The van der Waals surface area contributed by atoms with Crippen molar-refractivity contribution in [3.05, 3.63) is 11.7 Å². The van der Waals surface area contributed by atoms with Crippen LogP contribution in [0.3, 0.4) is 0 Å². The maximum Gasteiger partial charge on any atom is 0.240 e. The lowest BCUT2D eigenvalue weighted by Gasteiger charge is -2.30. The van der Waals surface area contributed by atoms with E-state index in [4.69, 9.17) is 4.52 Å². The lowest BCUT2D eigenvalue weighted by atomic mass is 9.97. The van der Waals surface area contributed by atoms with Crippen molar-refractivity contribution in [3.63, 3.8) is 0 Å². The fraction of sp³-hybridized carbons (Fsp3) is 0.800. The van der Waals surface area contributed by atoms with Crippen LogP contribution < -0.4 is 5.32 Å². The lowest BCUT2D eigenvalue weighted by Crippen LogP contribution is -2.43. The molecule has 1 amide bonds. The van der Waals surface area contributed by atoms with Gasteiger partial charge in [0.25, 0.3) is 0 Å². The molecule has 0 bridgehead atoms. The molecule has 0 radical (unpaired) electrons. The van der Waals surface area contributed by atoms with Gasteiger partial charge in [0.05, 0.1) is 12.5 Å². The van der Waals surface area contributed by atoms with Crippen LogP contribution in [-0.2, 0) is 17.8 Å². The van der Waals surface area contributed by atoms with Crippen molar-refractivity contribution in [2.24, 2.45) is 11.8 Å². The van der Waals surface area contributed by atoms with E-state index in [0.29, 0.717) is 12.4 Å². The summed E-state index contributed by atoms with van der Waals surface area (Å²) in [5.41, 5.74) is 0. The van der Waals surface area contributed by atoms with Crippen LogP contribution in [-0.4, -0.2) is 40.6 Å². The molecule has 1 aliphatic carbocycles. The number of carbonyl (C=O) groups excluding carboxylic acids is 1. The van der Waals surface area contributed by atoms with E-state index in [-0.39, 0.29) is 11.8 Å². The molecule has 1 aromatic heterocycles. The number of carbonyl (C=O) groups is 1. The van der Waals surface area contributed by atoms with E-state index in [0.717, 1.165) is 50.6 Å². The molecule has 21 heavy (non-hydrogen) atoms. The quantitative estimate of drug-likeness (QED) is 0.857. The Bertz CT molecular complexity index is 484. The molecule has 3 rings (SSSR count).